The van der Waals surface area contributed by atoms with E-state index in [1.165, 1.54) is 0 Å². The van der Waals surface area contributed by atoms with Gasteiger partial charge in [-0.25, -0.2) is 0 Å². The molecular weight excluding hydrogens is 744 g/mol. The molecule has 298 valence electrons. The first-order valence-electron chi connectivity index (χ1n) is 16.3. The van der Waals surface area contributed by atoms with Gasteiger partial charge in [-0.05, 0) is 18.2 Å². The maximum absolute atomic E-state index is 11.0. The van der Waals surface area contributed by atoms with Gasteiger partial charge in [0.25, 0.3) is 0 Å². The van der Waals surface area contributed by atoms with Crippen molar-refractivity contribution < 1.29 is 99.9 Å². The first-order valence-corrected chi connectivity index (χ1v) is 18.1. The summed E-state index contributed by atoms with van der Waals surface area (Å²) in [7, 11) is 0. The third-order valence-corrected chi connectivity index (χ3v) is 11.5. The fraction of sp³-hybridized carbons (Fsp3) is 0.800. The highest BCUT2D eigenvalue weighted by atomic mass is 32.2. The third-order valence-electron chi connectivity index (χ3n) is 9.23. The minimum absolute atomic E-state index is 0.472. The van der Waals surface area contributed by atoms with Gasteiger partial charge in [0.05, 0.1) is 26.4 Å². The van der Waals surface area contributed by atoms with Crippen molar-refractivity contribution in [1.82, 2.24) is 0 Å². The van der Waals surface area contributed by atoms with Crippen LogP contribution in [0.1, 0.15) is 0 Å². The number of aliphatic hydroxyl groups is 14. The Bertz CT molecular complexity index is 1180. The van der Waals surface area contributed by atoms with Gasteiger partial charge in [-0.1, -0.05) is 29.6 Å². The van der Waals surface area contributed by atoms with Crippen LogP contribution < -0.4 is 0 Å². The fourth-order valence-electron chi connectivity index (χ4n) is 6.19. The van der Waals surface area contributed by atoms with E-state index in [2.05, 4.69) is 0 Å². The lowest BCUT2D eigenvalue weighted by atomic mass is 9.97. The van der Waals surface area contributed by atoms with Crippen molar-refractivity contribution in [1.29, 1.82) is 0 Å². The SMILES string of the molecule is OC[C@H]1O[C@@H](O[C@H]2[C@H](O)[C@@H](O)[C@H](Sc3cccc(S[C@@H]4O[C@H](CO)[C@@H](O[C@@H]5O[C@H](CO)[C@@H](O)[C@H](O)[C@H]5O)[C@H](O)[C@H]4O)c3)O[C@@H]2CO)[C@H](O)[C@@H](O)[C@@H]1O. The Kier molecular flexibility index (Phi) is 14.9. The quantitative estimate of drug-likeness (QED) is 0.0935. The Morgan fingerprint density at radius 1 is 0.442 bits per heavy atom. The van der Waals surface area contributed by atoms with Crippen LogP contribution in [0, 0.1) is 0 Å². The molecule has 0 saturated carbocycles. The van der Waals surface area contributed by atoms with Gasteiger partial charge in [0.2, 0.25) is 0 Å². The summed E-state index contributed by atoms with van der Waals surface area (Å²) in [4.78, 5) is 0.944. The van der Waals surface area contributed by atoms with Gasteiger partial charge in [0, 0.05) is 9.79 Å². The Hall–Kier alpha value is -0.880. The number of ether oxygens (including phenoxy) is 6. The second-order valence-corrected chi connectivity index (χ2v) is 15.1. The topological polar surface area (TPSA) is 339 Å². The summed E-state index contributed by atoms with van der Waals surface area (Å²) in [6, 6.07) is 6.49. The minimum atomic E-state index is -1.81. The van der Waals surface area contributed by atoms with Crippen LogP contribution in [0.2, 0.25) is 0 Å². The van der Waals surface area contributed by atoms with Gasteiger partial charge in [0.1, 0.15) is 109 Å². The molecule has 5 rings (SSSR count). The molecule has 1 aromatic rings. The summed E-state index contributed by atoms with van der Waals surface area (Å²) >= 11 is 1.90. The molecule has 0 bridgehead atoms. The highest BCUT2D eigenvalue weighted by Gasteiger charge is 2.52. The zero-order valence-electron chi connectivity index (χ0n) is 27.2. The zero-order valence-corrected chi connectivity index (χ0v) is 28.8. The van der Waals surface area contributed by atoms with Crippen molar-refractivity contribution in [3.8, 4) is 0 Å². The van der Waals surface area contributed by atoms with E-state index < -0.39 is 148 Å². The Morgan fingerprint density at radius 3 is 1.15 bits per heavy atom. The number of thioether (sulfide) groups is 2. The number of aliphatic hydroxyl groups excluding tert-OH is 14. The minimum Gasteiger partial charge on any atom is -0.394 e. The van der Waals surface area contributed by atoms with Crippen LogP contribution in [0.3, 0.4) is 0 Å². The van der Waals surface area contributed by atoms with Crippen LogP contribution in [-0.4, -0.2) is 219 Å². The van der Waals surface area contributed by atoms with Crippen molar-refractivity contribution in [2.24, 2.45) is 0 Å². The summed E-state index contributed by atoms with van der Waals surface area (Å²) in [5.74, 6) is 0. The zero-order chi connectivity index (χ0) is 38.0. The monoisotopic (exact) mass is 790 g/mol. The van der Waals surface area contributed by atoms with E-state index in [1.807, 2.05) is 0 Å². The van der Waals surface area contributed by atoms with E-state index in [1.54, 1.807) is 24.3 Å². The first kappa shape index (κ1) is 42.3. The standard InChI is InChI=1S/C30H46O20S2/c31-5-11-15(35)17(37)21(41)27(45-11)49-25-13(7-33)47-29(23(43)19(25)39)51-9-2-1-3-10(4-9)52-30-24(44)20(40)26(14(8-34)48-30)50-28-22(42)18(38)16(36)12(6-32)46-28/h1-4,11-44H,5-8H2/t11-,12-,13-,14-,15-,16-,17+,18+,19-,20-,21-,22-,23-,24-,25-,26-,27+,28+,29+,30+/m1/s1. The molecule has 0 spiro atoms. The molecule has 52 heavy (non-hydrogen) atoms. The Balaban J connectivity index is 1.21. The van der Waals surface area contributed by atoms with E-state index in [0.717, 1.165) is 23.5 Å². The maximum Gasteiger partial charge on any atom is 0.187 e. The lowest BCUT2D eigenvalue weighted by molar-refractivity contribution is -0.338. The molecule has 0 aliphatic carbocycles. The molecule has 20 atom stereocenters. The van der Waals surface area contributed by atoms with Crippen molar-refractivity contribution in [2.75, 3.05) is 26.4 Å². The maximum atomic E-state index is 11.0. The summed E-state index contributed by atoms with van der Waals surface area (Å²) in [5, 5.41) is 144. The second-order valence-electron chi connectivity index (χ2n) is 12.7. The highest BCUT2D eigenvalue weighted by Crippen LogP contribution is 2.40. The predicted octanol–water partition coefficient (Wildman–Crippen LogP) is -6.88. The fourth-order valence-corrected chi connectivity index (χ4v) is 8.51. The lowest BCUT2D eigenvalue weighted by Crippen LogP contribution is -2.64. The van der Waals surface area contributed by atoms with Gasteiger partial charge in [0.15, 0.2) is 12.6 Å². The second kappa shape index (κ2) is 18.4. The third kappa shape index (κ3) is 8.89. The van der Waals surface area contributed by atoms with Crippen LogP contribution in [0.4, 0.5) is 0 Å². The summed E-state index contributed by atoms with van der Waals surface area (Å²) in [5.41, 5.74) is -2.36. The van der Waals surface area contributed by atoms with Gasteiger partial charge in [-0.3, -0.25) is 0 Å². The summed E-state index contributed by atoms with van der Waals surface area (Å²) < 4.78 is 33.5. The predicted molar refractivity (Wildman–Crippen MR) is 171 cm³/mol. The smallest absolute Gasteiger partial charge is 0.187 e. The van der Waals surface area contributed by atoms with Crippen molar-refractivity contribution in [3.63, 3.8) is 0 Å². The van der Waals surface area contributed by atoms with Crippen molar-refractivity contribution in [3.05, 3.63) is 24.3 Å². The van der Waals surface area contributed by atoms with Crippen molar-refractivity contribution >= 4 is 23.5 Å². The molecule has 0 unspecified atom stereocenters. The van der Waals surface area contributed by atoms with Gasteiger partial charge in [-0.15, -0.1) is 0 Å². The van der Waals surface area contributed by atoms with E-state index in [-0.39, 0.29) is 0 Å². The molecule has 22 heteroatoms. The average molecular weight is 791 g/mol. The van der Waals surface area contributed by atoms with E-state index in [4.69, 9.17) is 28.4 Å². The summed E-state index contributed by atoms with van der Waals surface area (Å²) in [6.45, 7) is -2.90. The van der Waals surface area contributed by atoms with Gasteiger partial charge in [-0.2, -0.15) is 0 Å². The van der Waals surface area contributed by atoms with E-state index in [0.29, 0.717) is 9.79 Å². The Morgan fingerprint density at radius 2 is 0.808 bits per heavy atom. The largest absolute Gasteiger partial charge is 0.394 e. The number of benzene rings is 1. The molecule has 1 aromatic carbocycles. The highest BCUT2D eigenvalue weighted by molar-refractivity contribution is 8.00. The van der Waals surface area contributed by atoms with Gasteiger partial charge < -0.3 is 99.9 Å². The van der Waals surface area contributed by atoms with Gasteiger partial charge >= 0.3 is 0 Å². The molecule has 0 amide bonds. The molecule has 14 N–H and O–H groups in total. The average Bonchev–Trinajstić information content (AvgIpc) is 3.14. The molecule has 20 nitrogen and oxygen atoms in total. The van der Waals surface area contributed by atoms with Crippen LogP contribution in [0.25, 0.3) is 0 Å². The number of hydrogen-bond donors (Lipinski definition) is 14. The number of hydrogen-bond acceptors (Lipinski definition) is 22. The molecule has 4 heterocycles. The van der Waals surface area contributed by atoms with Crippen LogP contribution >= 0.6 is 23.5 Å². The molecular formula is C30H46O20S2. The Labute approximate surface area is 304 Å². The van der Waals surface area contributed by atoms with Crippen LogP contribution in [0.5, 0.6) is 0 Å². The molecule has 4 aliphatic heterocycles. The van der Waals surface area contributed by atoms with E-state index >= 15 is 0 Å². The molecule has 4 fully saturated rings. The first-order chi connectivity index (χ1) is 24.7. The van der Waals surface area contributed by atoms with Crippen LogP contribution in [0.15, 0.2) is 34.1 Å². The number of rotatable bonds is 12. The molecule has 4 aliphatic rings. The normalized spacial score (nSPS) is 47.3. The molecule has 0 aromatic heterocycles. The van der Waals surface area contributed by atoms with Crippen molar-refractivity contribution in [2.45, 2.75) is 131 Å². The summed E-state index contributed by atoms with van der Waals surface area (Å²) in [6.07, 6.45) is -28.7. The lowest BCUT2D eigenvalue weighted by Gasteiger charge is -2.46. The van der Waals surface area contributed by atoms with E-state index in [9.17, 15) is 71.5 Å². The van der Waals surface area contributed by atoms with Crippen LogP contribution in [-0.2, 0) is 28.4 Å². The molecule has 0 radical (unpaired) electrons. The molecule has 4 saturated heterocycles.